The number of para-hydroxylation sites is 3. The first-order valence-corrected chi connectivity index (χ1v) is 13.0. The van der Waals surface area contributed by atoms with Gasteiger partial charge in [-0.15, -0.1) is 0 Å². The molecule has 0 aliphatic heterocycles. The van der Waals surface area contributed by atoms with Crippen molar-refractivity contribution in [3.05, 3.63) is 122 Å². The number of hydrogen-bond donors (Lipinski definition) is 0. The highest BCUT2D eigenvalue weighted by Gasteiger charge is 2.20. The maximum Gasteiger partial charge on any atom is 0.149 e. The van der Waals surface area contributed by atoms with Crippen LogP contribution in [-0.2, 0) is 0 Å². The minimum Gasteiger partial charge on any atom is -0.455 e. The summed E-state index contributed by atoms with van der Waals surface area (Å²) < 4.78 is 10.9. The molecule has 9 aromatic rings. The Labute approximate surface area is 222 Å². The monoisotopic (exact) mass is 500 g/mol. The van der Waals surface area contributed by atoms with Gasteiger partial charge in [0, 0.05) is 44.5 Å². The van der Waals surface area contributed by atoms with Gasteiger partial charge in [-0.3, -0.25) is 4.57 Å². The first-order valence-electron chi connectivity index (χ1n) is 13.0. The molecule has 0 aliphatic carbocycles. The standard InChI is InChI=1S/C34H20N4O/c1-4-10-28-23(7-1)24-8-2-5-11-29(24)37(28)21-13-15-22(16-14-21)38-30-18-17-26-25-9-3-6-12-31(25)39-33(26)32(30)27-19-35-20-36-34(27)38/h1-20H. The van der Waals surface area contributed by atoms with Crippen LogP contribution in [0.1, 0.15) is 0 Å². The molecule has 0 aliphatic rings. The summed E-state index contributed by atoms with van der Waals surface area (Å²) in [5, 5.41) is 6.73. The molecule has 0 radical (unpaired) electrons. The van der Waals surface area contributed by atoms with Gasteiger partial charge in [-0.1, -0.05) is 54.6 Å². The second-order valence-electron chi connectivity index (χ2n) is 9.92. The van der Waals surface area contributed by atoms with E-state index < -0.39 is 0 Å². The van der Waals surface area contributed by atoms with Gasteiger partial charge in [-0.25, -0.2) is 9.97 Å². The van der Waals surface area contributed by atoms with Gasteiger partial charge in [-0.2, -0.15) is 0 Å². The molecular weight excluding hydrogens is 480 g/mol. The third kappa shape index (κ3) is 2.73. The van der Waals surface area contributed by atoms with E-state index in [0.29, 0.717) is 0 Å². The summed E-state index contributed by atoms with van der Waals surface area (Å²) in [6.45, 7) is 0. The van der Waals surface area contributed by atoms with Crippen molar-refractivity contribution < 1.29 is 4.42 Å². The highest BCUT2D eigenvalue weighted by molar-refractivity contribution is 6.23. The molecule has 4 heterocycles. The minimum atomic E-state index is 0.859. The van der Waals surface area contributed by atoms with Crippen LogP contribution in [0.25, 0.3) is 77.1 Å². The molecule has 0 atom stereocenters. The summed E-state index contributed by atoms with van der Waals surface area (Å²) in [6.07, 6.45) is 3.50. The van der Waals surface area contributed by atoms with Gasteiger partial charge < -0.3 is 8.98 Å². The van der Waals surface area contributed by atoms with Crippen molar-refractivity contribution in [2.75, 3.05) is 0 Å². The number of aromatic nitrogens is 4. The number of hydrogen-bond acceptors (Lipinski definition) is 3. The van der Waals surface area contributed by atoms with E-state index in [9.17, 15) is 0 Å². The highest BCUT2D eigenvalue weighted by Crippen LogP contribution is 2.40. The normalized spacial score (nSPS) is 12.1. The molecule has 0 bridgehead atoms. The SMILES string of the molecule is c1ccc2c(c1)oc1c2ccc2c1c1cncnc1n2-c1ccc(-n2c3ccccc3c3ccccc32)cc1. The molecule has 4 aromatic heterocycles. The van der Waals surface area contributed by atoms with E-state index in [1.165, 1.54) is 21.8 Å². The molecule has 0 spiro atoms. The average Bonchev–Trinajstić information content (AvgIpc) is 3.65. The van der Waals surface area contributed by atoms with Crippen LogP contribution in [0.2, 0.25) is 0 Å². The van der Waals surface area contributed by atoms with Crippen molar-refractivity contribution in [3.8, 4) is 11.4 Å². The van der Waals surface area contributed by atoms with Crippen molar-refractivity contribution in [2.24, 2.45) is 0 Å². The lowest BCUT2D eigenvalue weighted by Crippen LogP contribution is -1.98. The lowest BCUT2D eigenvalue weighted by molar-refractivity contribution is 0.673. The largest absolute Gasteiger partial charge is 0.455 e. The van der Waals surface area contributed by atoms with E-state index in [2.05, 4.69) is 105 Å². The van der Waals surface area contributed by atoms with Crippen LogP contribution in [0.4, 0.5) is 0 Å². The molecule has 0 saturated heterocycles. The summed E-state index contributed by atoms with van der Waals surface area (Å²) in [6, 6.07) is 38.4. The zero-order chi connectivity index (χ0) is 25.5. The number of benzene rings is 5. The fourth-order valence-electron chi connectivity index (χ4n) is 6.23. The number of fused-ring (bicyclic) bond motifs is 10. The Balaban J connectivity index is 1.30. The Morgan fingerprint density at radius 1 is 0.513 bits per heavy atom. The lowest BCUT2D eigenvalue weighted by Gasteiger charge is -2.11. The van der Waals surface area contributed by atoms with Crippen molar-refractivity contribution in [1.82, 2.24) is 19.1 Å². The maximum atomic E-state index is 6.40. The smallest absolute Gasteiger partial charge is 0.149 e. The predicted octanol–water partition coefficient (Wildman–Crippen LogP) is 8.57. The second-order valence-corrected chi connectivity index (χ2v) is 9.92. The quantitative estimate of drug-likeness (QED) is 0.239. The number of furan rings is 1. The van der Waals surface area contributed by atoms with Gasteiger partial charge in [0.25, 0.3) is 0 Å². The van der Waals surface area contributed by atoms with Crippen LogP contribution >= 0.6 is 0 Å². The Hall–Kier alpha value is -5.42. The third-order valence-electron chi connectivity index (χ3n) is 7.88. The number of rotatable bonds is 2. The zero-order valence-corrected chi connectivity index (χ0v) is 20.7. The summed E-state index contributed by atoms with van der Waals surface area (Å²) in [5.41, 5.74) is 8.20. The molecule has 9 rings (SSSR count). The molecular formula is C34H20N4O. The maximum absolute atomic E-state index is 6.40. The molecule has 5 heteroatoms. The van der Waals surface area contributed by atoms with Crippen LogP contribution in [0.5, 0.6) is 0 Å². The van der Waals surface area contributed by atoms with Gasteiger partial charge >= 0.3 is 0 Å². The molecule has 5 nitrogen and oxygen atoms in total. The molecule has 5 aromatic carbocycles. The average molecular weight is 501 g/mol. The van der Waals surface area contributed by atoms with Crippen LogP contribution in [0.15, 0.2) is 126 Å². The molecule has 182 valence electrons. The van der Waals surface area contributed by atoms with Crippen LogP contribution in [0.3, 0.4) is 0 Å². The summed E-state index contributed by atoms with van der Waals surface area (Å²) in [7, 11) is 0. The van der Waals surface area contributed by atoms with Crippen molar-refractivity contribution in [1.29, 1.82) is 0 Å². The van der Waals surface area contributed by atoms with Gasteiger partial charge in [0.15, 0.2) is 0 Å². The summed E-state index contributed by atoms with van der Waals surface area (Å²) >= 11 is 0. The van der Waals surface area contributed by atoms with E-state index in [1.807, 2.05) is 24.4 Å². The predicted molar refractivity (Wildman–Crippen MR) is 158 cm³/mol. The highest BCUT2D eigenvalue weighted by atomic mass is 16.3. The van der Waals surface area contributed by atoms with Crippen molar-refractivity contribution >= 4 is 65.7 Å². The second kappa shape index (κ2) is 7.55. The summed E-state index contributed by atoms with van der Waals surface area (Å²) in [5.74, 6) is 0. The lowest BCUT2D eigenvalue weighted by atomic mass is 10.1. The van der Waals surface area contributed by atoms with Crippen molar-refractivity contribution in [3.63, 3.8) is 0 Å². The van der Waals surface area contributed by atoms with Gasteiger partial charge in [0.05, 0.1) is 21.9 Å². The molecule has 0 unspecified atom stereocenters. The first kappa shape index (κ1) is 20.6. The molecule has 0 fully saturated rings. The zero-order valence-electron chi connectivity index (χ0n) is 20.7. The van der Waals surface area contributed by atoms with Gasteiger partial charge in [0.1, 0.15) is 23.1 Å². The molecule has 0 N–H and O–H groups in total. The summed E-state index contributed by atoms with van der Waals surface area (Å²) in [4.78, 5) is 9.08. The van der Waals surface area contributed by atoms with Crippen molar-refractivity contribution in [2.45, 2.75) is 0 Å². The van der Waals surface area contributed by atoms with E-state index in [4.69, 9.17) is 9.40 Å². The van der Waals surface area contributed by atoms with Gasteiger partial charge in [-0.05, 0) is 54.6 Å². The molecule has 0 amide bonds. The van der Waals surface area contributed by atoms with Crippen LogP contribution in [-0.4, -0.2) is 19.1 Å². The van der Waals surface area contributed by atoms with E-state index >= 15 is 0 Å². The van der Waals surface area contributed by atoms with E-state index in [-0.39, 0.29) is 0 Å². The topological polar surface area (TPSA) is 48.8 Å². The fourth-order valence-corrected chi connectivity index (χ4v) is 6.23. The molecule has 0 saturated carbocycles. The van der Waals surface area contributed by atoms with E-state index in [0.717, 1.165) is 55.2 Å². The van der Waals surface area contributed by atoms with Gasteiger partial charge in [0.2, 0.25) is 0 Å². The fraction of sp³-hybridized carbons (Fsp3) is 0. The Morgan fingerprint density at radius 3 is 1.90 bits per heavy atom. The Kier molecular flexibility index (Phi) is 3.99. The Bertz CT molecular complexity index is 2340. The molecule has 39 heavy (non-hydrogen) atoms. The minimum absolute atomic E-state index is 0.859. The van der Waals surface area contributed by atoms with E-state index in [1.54, 1.807) is 6.33 Å². The first-order chi connectivity index (χ1) is 19.4. The number of nitrogens with zero attached hydrogens (tertiary/aromatic N) is 4. The Morgan fingerprint density at radius 2 is 1.15 bits per heavy atom. The van der Waals surface area contributed by atoms with Crippen LogP contribution < -0.4 is 0 Å². The third-order valence-corrected chi connectivity index (χ3v) is 7.88. The van der Waals surface area contributed by atoms with Crippen LogP contribution in [0, 0.1) is 0 Å².